The number of hydrogen-bond acceptors (Lipinski definition) is 0. The maximum Gasteiger partial charge on any atom is 1.00 e. The summed E-state index contributed by atoms with van der Waals surface area (Å²) in [5.41, 5.74) is 0. The molecular weight excluding hydrogens is 110 g/mol. The Hall–Kier alpha value is 0.247. The summed E-state index contributed by atoms with van der Waals surface area (Å²) in [5.74, 6) is 0. The minimum Gasteiger partial charge on any atom is -0.106 e. The van der Waals surface area contributed by atoms with Crippen LogP contribution in [-0.2, 0) is 0 Å². The molecule has 0 nitrogen and oxygen atoms in total. The molecule has 0 saturated carbocycles. The third kappa shape index (κ3) is 2.53. The molecule has 0 aromatic heterocycles. The van der Waals surface area contributed by atoms with E-state index in [2.05, 4.69) is 9.24 Å². The summed E-state index contributed by atoms with van der Waals surface area (Å²) in [4.78, 5) is 0. The molecule has 1 unspecified atom stereocenters. The van der Waals surface area contributed by atoms with Crippen LogP contribution in [0.15, 0.2) is 30.3 Å². The predicted octanol–water partition coefficient (Wildman–Crippen LogP) is -1.81. The van der Waals surface area contributed by atoms with Crippen molar-refractivity contribution >= 4 is 14.5 Å². The van der Waals surface area contributed by atoms with E-state index in [4.69, 9.17) is 0 Å². The second-order valence-corrected chi connectivity index (χ2v) is 2.08. The Morgan fingerprint density at radius 2 is 1.50 bits per heavy atom. The first-order chi connectivity index (χ1) is 3.39. The van der Waals surface area contributed by atoms with Crippen molar-refractivity contribution in [2.75, 3.05) is 0 Å². The Labute approximate surface area is 64.1 Å². The SMILES string of the molecule is Pc1ccccc1.[Li+]. The Balaban J connectivity index is 0.000000490. The molecule has 2 heteroatoms. The second kappa shape index (κ2) is 4.16. The van der Waals surface area contributed by atoms with Crippen molar-refractivity contribution in [3.05, 3.63) is 30.3 Å². The van der Waals surface area contributed by atoms with E-state index in [-0.39, 0.29) is 18.9 Å². The Morgan fingerprint density at radius 1 is 1.00 bits per heavy atom. The van der Waals surface area contributed by atoms with Gasteiger partial charge < -0.3 is 0 Å². The predicted molar refractivity (Wildman–Crippen MR) is 35.8 cm³/mol. The van der Waals surface area contributed by atoms with Crippen LogP contribution < -0.4 is 24.2 Å². The van der Waals surface area contributed by atoms with E-state index >= 15 is 0 Å². The molecule has 0 aliphatic rings. The Morgan fingerprint density at radius 3 is 1.75 bits per heavy atom. The van der Waals surface area contributed by atoms with Crippen LogP contribution in [0.5, 0.6) is 0 Å². The van der Waals surface area contributed by atoms with E-state index in [9.17, 15) is 0 Å². The molecule has 1 rings (SSSR count). The van der Waals surface area contributed by atoms with Crippen molar-refractivity contribution in [2.45, 2.75) is 0 Å². The maximum atomic E-state index is 2.63. The standard InChI is InChI=1S/C6H7P.Li/c7-6-4-2-1-3-5-6;/h1-5H,7H2;/q;+1. The van der Waals surface area contributed by atoms with Gasteiger partial charge in [0.05, 0.1) is 0 Å². The third-order valence-electron chi connectivity index (χ3n) is 0.800. The van der Waals surface area contributed by atoms with Crippen molar-refractivity contribution in [1.29, 1.82) is 0 Å². The molecule has 36 valence electrons. The van der Waals surface area contributed by atoms with E-state index < -0.39 is 0 Å². The van der Waals surface area contributed by atoms with Crippen molar-refractivity contribution < 1.29 is 18.9 Å². The molecule has 0 radical (unpaired) electrons. The Bertz CT molecular complexity index is 138. The van der Waals surface area contributed by atoms with Crippen LogP contribution in [0.2, 0.25) is 0 Å². The molecule has 0 aliphatic carbocycles. The van der Waals surface area contributed by atoms with Gasteiger partial charge in [-0.15, -0.1) is 9.24 Å². The number of rotatable bonds is 0. The fourth-order valence-corrected chi connectivity index (χ4v) is 0.675. The molecule has 1 aromatic carbocycles. The summed E-state index contributed by atoms with van der Waals surface area (Å²) in [5, 5.41) is 1.24. The van der Waals surface area contributed by atoms with Gasteiger partial charge in [-0.2, -0.15) is 0 Å². The van der Waals surface area contributed by atoms with E-state index in [1.807, 2.05) is 30.3 Å². The smallest absolute Gasteiger partial charge is 0.106 e. The van der Waals surface area contributed by atoms with Crippen LogP contribution in [0.4, 0.5) is 0 Å². The fourth-order valence-electron chi connectivity index (χ4n) is 0.453. The zero-order valence-corrected chi connectivity index (χ0v) is 6.12. The van der Waals surface area contributed by atoms with E-state index in [1.54, 1.807) is 0 Å². The van der Waals surface area contributed by atoms with Gasteiger partial charge in [-0.05, 0) is 5.30 Å². The molecular formula is C6H7LiP+. The summed E-state index contributed by atoms with van der Waals surface area (Å²) in [6, 6.07) is 10.1. The zero-order chi connectivity index (χ0) is 5.11. The number of benzene rings is 1. The second-order valence-electron chi connectivity index (χ2n) is 1.41. The summed E-state index contributed by atoms with van der Waals surface area (Å²) >= 11 is 0. The van der Waals surface area contributed by atoms with Gasteiger partial charge in [0.15, 0.2) is 0 Å². The van der Waals surface area contributed by atoms with Crippen molar-refractivity contribution in [2.24, 2.45) is 0 Å². The molecule has 0 bridgehead atoms. The van der Waals surface area contributed by atoms with Crippen LogP contribution in [0.25, 0.3) is 0 Å². The maximum absolute atomic E-state index is 2.63. The van der Waals surface area contributed by atoms with Crippen LogP contribution in [0.3, 0.4) is 0 Å². The quantitative estimate of drug-likeness (QED) is 0.277. The fraction of sp³-hybridized carbons (Fsp3) is 0. The first-order valence-corrected chi connectivity index (χ1v) is 2.78. The molecule has 0 N–H and O–H groups in total. The molecule has 1 atom stereocenters. The summed E-state index contributed by atoms with van der Waals surface area (Å²) in [7, 11) is 2.63. The number of hydrogen-bond donors (Lipinski definition) is 0. The third-order valence-corrected chi connectivity index (χ3v) is 1.18. The Kier molecular flexibility index (Phi) is 4.29. The molecule has 0 saturated heterocycles. The first-order valence-electron chi connectivity index (χ1n) is 2.20. The van der Waals surface area contributed by atoms with Gasteiger partial charge in [0.25, 0.3) is 0 Å². The van der Waals surface area contributed by atoms with E-state index in [1.165, 1.54) is 5.30 Å². The molecule has 0 fully saturated rings. The van der Waals surface area contributed by atoms with Crippen LogP contribution in [-0.4, -0.2) is 0 Å². The van der Waals surface area contributed by atoms with E-state index in [0.717, 1.165) is 0 Å². The molecule has 8 heavy (non-hydrogen) atoms. The van der Waals surface area contributed by atoms with Crippen LogP contribution in [0, 0.1) is 0 Å². The average molecular weight is 117 g/mol. The topological polar surface area (TPSA) is 0 Å². The van der Waals surface area contributed by atoms with Gasteiger partial charge in [0, 0.05) is 0 Å². The van der Waals surface area contributed by atoms with Gasteiger partial charge in [-0.25, -0.2) is 0 Å². The van der Waals surface area contributed by atoms with Gasteiger partial charge in [-0.1, -0.05) is 30.3 Å². The molecule has 0 amide bonds. The molecule has 0 spiro atoms. The summed E-state index contributed by atoms with van der Waals surface area (Å²) < 4.78 is 0. The zero-order valence-electron chi connectivity index (χ0n) is 4.96. The van der Waals surface area contributed by atoms with Gasteiger partial charge >= 0.3 is 18.9 Å². The largest absolute Gasteiger partial charge is 1.00 e. The summed E-state index contributed by atoms with van der Waals surface area (Å²) in [6.07, 6.45) is 0. The van der Waals surface area contributed by atoms with Crippen molar-refractivity contribution in [3.63, 3.8) is 0 Å². The van der Waals surface area contributed by atoms with Crippen LogP contribution >= 0.6 is 9.24 Å². The summed E-state index contributed by atoms with van der Waals surface area (Å²) in [6.45, 7) is 0. The van der Waals surface area contributed by atoms with Crippen LogP contribution in [0.1, 0.15) is 0 Å². The molecule has 1 aromatic rings. The minimum atomic E-state index is 0. The van der Waals surface area contributed by atoms with Crippen molar-refractivity contribution in [1.82, 2.24) is 0 Å². The minimum absolute atomic E-state index is 0. The van der Waals surface area contributed by atoms with Gasteiger partial charge in [0.1, 0.15) is 0 Å². The monoisotopic (exact) mass is 117 g/mol. The van der Waals surface area contributed by atoms with Gasteiger partial charge in [-0.3, -0.25) is 0 Å². The normalized spacial score (nSPS) is 7.62. The molecule has 0 heterocycles. The average Bonchev–Trinajstić information content (AvgIpc) is 1.69. The van der Waals surface area contributed by atoms with Crippen molar-refractivity contribution in [3.8, 4) is 0 Å². The van der Waals surface area contributed by atoms with Gasteiger partial charge in [0.2, 0.25) is 0 Å². The first kappa shape index (κ1) is 8.25. The molecule has 0 aliphatic heterocycles. The van der Waals surface area contributed by atoms with E-state index in [0.29, 0.717) is 0 Å².